The van der Waals surface area contributed by atoms with Gasteiger partial charge in [0.15, 0.2) is 0 Å². The number of carbonyl (C=O) groups excluding carboxylic acids is 2. The molecule has 3 rings (SSSR count). The molecule has 0 bridgehead atoms. The number of anilines is 1. The molecule has 1 aliphatic carbocycles. The first-order chi connectivity index (χ1) is 17.5. The molecule has 2 aromatic carbocycles. The Labute approximate surface area is 237 Å². The van der Waals surface area contributed by atoms with Crippen LogP contribution in [-0.4, -0.2) is 50.0 Å². The Balaban J connectivity index is 1.95. The zero-order valence-corrected chi connectivity index (χ0v) is 24.8. The highest BCUT2D eigenvalue weighted by atomic mass is 79.9. The highest BCUT2D eigenvalue weighted by Crippen LogP contribution is 2.28. The fourth-order valence-electron chi connectivity index (χ4n) is 4.54. The normalized spacial score (nSPS) is 15.2. The second-order valence-corrected chi connectivity index (χ2v) is 12.9. The molecule has 0 unspecified atom stereocenters. The van der Waals surface area contributed by atoms with E-state index < -0.39 is 28.5 Å². The van der Waals surface area contributed by atoms with Gasteiger partial charge in [-0.15, -0.1) is 0 Å². The molecule has 1 atom stereocenters. The number of carbonyl (C=O) groups is 2. The minimum absolute atomic E-state index is 0.0358. The van der Waals surface area contributed by atoms with Crippen LogP contribution in [0.2, 0.25) is 10.0 Å². The van der Waals surface area contributed by atoms with Crippen LogP contribution in [0.4, 0.5) is 5.69 Å². The van der Waals surface area contributed by atoms with Gasteiger partial charge in [-0.2, -0.15) is 0 Å². The van der Waals surface area contributed by atoms with Gasteiger partial charge >= 0.3 is 0 Å². The van der Waals surface area contributed by atoms with E-state index in [-0.39, 0.29) is 18.5 Å². The second-order valence-electron chi connectivity index (χ2n) is 9.24. The topological polar surface area (TPSA) is 86.8 Å². The average molecular weight is 633 g/mol. The first-order valence-electron chi connectivity index (χ1n) is 12.3. The van der Waals surface area contributed by atoms with Crippen molar-refractivity contribution in [3.8, 4) is 0 Å². The molecule has 2 amide bonds. The summed E-state index contributed by atoms with van der Waals surface area (Å²) >= 11 is 16.2. The standard InChI is InChI=1S/C26H32BrCl2N3O4S/c1-3-24(26(34)30-19-8-5-4-6-9-19)31(16-21-22(28)10-7-11-23(21)29)25(33)17-32(37(2,35)36)20-14-12-18(27)13-15-20/h7,10-15,19,24H,3-6,8-9,16-17H2,1-2H3,(H,30,34)/t24-/m1/s1. The molecule has 0 saturated heterocycles. The van der Waals surface area contributed by atoms with Crippen LogP contribution in [0.3, 0.4) is 0 Å². The van der Waals surface area contributed by atoms with Crippen LogP contribution < -0.4 is 9.62 Å². The van der Waals surface area contributed by atoms with Gasteiger partial charge in [-0.25, -0.2) is 8.42 Å². The van der Waals surface area contributed by atoms with Crippen molar-refractivity contribution in [3.05, 3.63) is 62.5 Å². The van der Waals surface area contributed by atoms with Crippen molar-refractivity contribution in [2.24, 2.45) is 0 Å². The lowest BCUT2D eigenvalue weighted by atomic mass is 9.95. The smallest absolute Gasteiger partial charge is 0.244 e. The highest BCUT2D eigenvalue weighted by molar-refractivity contribution is 9.10. The van der Waals surface area contributed by atoms with Crippen LogP contribution in [0.1, 0.15) is 51.0 Å². The average Bonchev–Trinajstić information content (AvgIpc) is 2.84. The second kappa shape index (κ2) is 13.3. The van der Waals surface area contributed by atoms with Gasteiger partial charge in [0.1, 0.15) is 12.6 Å². The number of benzene rings is 2. The van der Waals surface area contributed by atoms with E-state index in [1.165, 1.54) is 4.90 Å². The Kier molecular flexibility index (Phi) is 10.7. The monoisotopic (exact) mass is 631 g/mol. The van der Waals surface area contributed by atoms with Crippen molar-refractivity contribution in [2.45, 2.75) is 64.1 Å². The molecular formula is C26H32BrCl2N3O4S. The highest BCUT2D eigenvalue weighted by Gasteiger charge is 2.33. The van der Waals surface area contributed by atoms with Crippen molar-refractivity contribution < 1.29 is 18.0 Å². The van der Waals surface area contributed by atoms with E-state index in [4.69, 9.17) is 23.2 Å². The summed E-state index contributed by atoms with van der Waals surface area (Å²) in [7, 11) is -3.81. The third kappa shape index (κ3) is 8.09. The number of nitrogens with zero attached hydrogens (tertiary/aromatic N) is 2. The van der Waals surface area contributed by atoms with Crippen molar-refractivity contribution in [3.63, 3.8) is 0 Å². The Bertz CT molecular complexity index is 1180. The fourth-order valence-corrected chi connectivity index (χ4v) is 6.17. The van der Waals surface area contributed by atoms with E-state index in [0.29, 0.717) is 27.7 Å². The number of hydrogen-bond donors (Lipinski definition) is 1. The molecule has 202 valence electrons. The summed E-state index contributed by atoms with van der Waals surface area (Å²) in [6.45, 7) is 1.31. The van der Waals surface area contributed by atoms with Gasteiger partial charge in [0, 0.05) is 32.7 Å². The molecule has 0 aromatic heterocycles. The number of sulfonamides is 1. The predicted octanol–water partition coefficient (Wildman–Crippen LogP) is 5.78. The summed E-state index contributed by atoms with van der Waals surface area (Å²) in [6, 6.07) is 10.9. The van der Waals surface area contributed by atoms with Crippen LogP contribution >= 0.6 is 39.1 Å². The van der Waals surface area contributed by atoms with Crippen molar-refractivity contribution in [1.29, 1.82) is 0 Å². The van der Waals surface area contributed by atoms with E-state index in [1.54, 1.807) is 42.5 Å². The third-order valence-electron chi connectivity index (χ3n) is 6.52. The van der Waals surface area contributed by atoms with Crippen molar-refractivity contribution in [1.82, 2.24) is 10.2 Å². The number of rotatable bonds is 10. The Morgan fingerprint density at radius 2 is 1.65 bits per heavy atom. The maximum atomic E-state index is 13.8. The van der Waals surface area contributed by atoms with Crippen molar-refractivity contribution in [2.75, 3.05) is 17.1 Å². The van der Waals surface area contributed by atoms with Gasteiger partial charge in [0.2, 0.25) is 21.8 Å². The molecule has 37 heavy (non-hydrogen) atoms. The molecule has 0 radical (unpaired) electrons. The van der Waals surface area contributed by atoms with E-state index in [2.05, 4.69) is 21.2 Å². The molecule has 1 aliphatic rings. The zero-order valence-electron chi connectivity index (χ0n) is 20.9. The van der Waals surface area contributed by atoms with E-state index in [0.717, 1.165) is 47.1 Å². The van der Waals surface area contributed by atoms with Crippen LogP contribution in [0, 0.1) is 0 Å². The van der Waals surface area contributed by atoms with E-state index in [9.17, 15) is 18.0 Å². The van der Waals surface area contributed by atoms with Crippen LogP contribution in [0.25, 0.3) is 0 Å². The molecule has 2 aromatic rings. The SMILES string of the molecule is CC[C@H](C(=O)NC1CCCCC1)N(Cc1c(Cl)cccc1Cl)C(=O)CN(c1ccc(Br)cc1)S(C)(=O)=O. The summed E-state index contributed by atoms with van der Waals surface area (Å²) in [5.74, 6) is -0.796. The van der Waals surface area contributed by atoms with Crippen LogP contribution in [0.15, 0.2) is 46.9 Å². The van der Waals surface area contributed by atoms with E-state index in [1.807, 2.05) is 6.92 Å². The Hall–Kier alpha value is -1.81. The fraction of sp³-hybridized carbons (Fsp3) is 0.462. The van der Waals surface area contributed by atoms with Gasteiger partial charge < -0.3 is 10.2 Å². The summed E-state index contributed by atoms with van der Waals surface area (Å²) in [6.07, 6.45) is 6.44. The molecular weight excluding hydrogens is 601 g/mol. The summed E-state index contributed by atoms with van der Waals surface area (Å²) < 4.78 is 27.2. The van der Waals surface area contributed by atoms with Crippen LogP contribution in [0.5, 0.6) is 0 Å². The summed E-state index contributed by atoms with van der Waals surface area (Å²) in [5, 5.41) is 3.83. The molecule has 1 N–H and O–H groups in total. The lowest BCUT2D eigenvalue weighted by molar-refractivity contribution is -0.140. The van der Waals surface area contributed by atoms with Gasteiger partial charge in [-0.3, -0.25) is 13.9 Å². The molecule has 0 aliphatic heterocycles. The Morgan fingerprint density at radius 3 is 2.19 bits per heavy atom. The largest absolute Gasteiger partial charge is 0.352 e. The van der Waals surface area contributed by atoms with Gasteiger partial charge in [0.25, 0.3) is 0 Å². The zero-order chi connectivity index (χ0) is 27.2. The van der Waals surface area contributed by atoms with Gasteiger partial charge in [-0.1, -0.05) is 71.4 Å². The van der Waals surface area contributed by atoms with Crippen LogP contribution in [-0.2, 0) is 26.2 Å². The maximum Gasteiger partial charge on any atom is 0.244 e. The first-order valence-corrected chi connectivity index (χ1v) is 15.7. The van der Waals surface area contributed by atoms with Gasteiger partial charge in [0.05, 0.1) is 11.9 Å². The lowest BCUT2D eigenvalue weighted by Crippen LogP contribution is -2.54. The third-order valence-corrected chi connectivity index (χ3v) is 8.90. The van der Waals surface area contributed by atoms with Crippen molar-refractivity contribution >= 4 is 66.7 Å². The molecule has 1 saturated carbocycles. The van der Waals surface area contributed by atoms with E-state index >= 15 is 0 Å². The minimum Gasteiger partial charge on any atom is -0.352 e. The maximum absolute atomic E-state index is 13.8. The molecule has 7 nitrogen and oxygen atoms in total. The number of halogens is 3. The predicted molar refractivity (Wildman–Crippen MR) is 152 cm³/mol. The summed E-state index contributed by atoms with van der Waals surface area (Å²) in [4.78, 5) is 28.6. The minimum atomic E-state index is -3.81. The lowest BCUT2D eigenvalue weighted by Gasteiger charge is -2.34. The number of nitrogens with one attached hydrogen (secondary N) is 1. The molecule has 1 fully saturated rings. The molecule has 11 heteroatoms. The summed E-state index contributed by atoms with van der Waals surface area (Å²) in [5.41, 5.74) is 0.840. The Morgan fingerprint density at radius 1 is 1.05 bits per heavy atom. The molecule has 0 heterocycles. The first kappa shape index (κ1) is 29.7. The van der Waals surface area contributed by atoms with Gasteiger partial charge in [-0.05, 0) is 55.7 Å². The number of hydrogen-bond acceptors (Lipinski definition) is 4. The quantitative estimate of drug-likeness (QED) is 0.360. The number of amides is 2. The molecule has 0 spiro atoms.